The molecule has 0 bridgehead atoms. The fraction of sp³-hybridized carbons (Fsp3) is 0.100. The molecule has 2 aromatic rings. The molecular formula is C10H5BrClNS. The molecule has 1 aromatic heterocycles. The van der Waals surface area contributed by atoms with Gasteiger partial charge < -0.3 is 0 Å². The zero-order valence-corrected chi connectivity index (χ0v) is 10.2. The molecule has 0 amide bonds. The molecule has 0 radical (unpaired) electrons. The molecule has 0 N–H and O–H groups in total. The van der Waals surface area contributed by atoms with Crippen molar-refractivity contribution >= 4 is 49.0 Å². The fourth-order valence-electron chi connectivity index (χ4n) is 1.28. The summed E-state index contributed by atoms with van der Waals surface area (Å²) in [5, 5.41) is 10.4. The molecule has 1 nitrogen and oxygen atoms in total. The Morgan fingerprint density at radius 3 is 3.00 bits per heavy atom. The van der Waals surface area contributed by atoms with Crippen LogP contribution in [0, 0.1) is 11.3 Å². The summed E-state index contributed by atoms with van der Waals surface area (Å²) in [6.45, 7) is 0. The summed E-state index contributed by atoms with van der Waals surface area (Å²) in [6, 6.07) is 8.08. The van der Waals surface area contributed by atoms with Crippen molar-refractivity contribution in [3.05, 3.63) is 32.6 Å². The van der Waals surface area contributed by atoms with E-state index < -0.39 is 0 Å². The standard InChI is InChI=1S/C10H5BrClNS/c11-6-1-2-8-7(5-6)10(12)9(14-8)3-4-13/h1-2,5H,3H2. The average Bonchev–Trinajstić information content (AvgIpc) is 2.46. The van der Waals surface area contributed by atoms with Crippen LogP contribution in [-0.4, -0.2) is 0 Å². The first-order valence-corrected chi connectivity index (χ1v) is 5.94. The highest BCUT2D eigenvalue weighted by Gasteiger charge is 2.09. The van der Waals surface area contributed by atoms with Crippen LogP contribution in [0.5, 0.6) is 0 Å². The van der Waals surface area contributed by atoms with Gasteiger partial charge in [0.1, 0.15) is 0 Å². The summed E-state index contributed by atoms with van der Waals surface area (Å²) in [5.74, 6) is 0. The van der Waals surface area contributed by atoms with Crippen LogP contribution in [-0.2, 0) is 6.42 Å². The van der Waals surface area contributed by atoms with E-state index in [0.29, 0.717) is 11.4 Å². The highest BCUT2D eigenvalue weighted by molar-refractivity contribution is 9.10. The fourth-order valence-corrected chi connectivity index (χ4v) is 3.04. The van der Waals surface area contributed by atoms with Crippen LogP contribution in [0.1, 0.15) is 4.88 Å². The summed E-state index contributed by atoms with van der Waals surface area (Å²) >= 11 is 11.1. The number of halogens is 2. The molecule has 4 heteroatoms. The van der Waals surface area contributed by atoms with Crippen molar-refractivity contribution in [2.45, 2.75) is 6.42 Å². The number of hydrogen-bond donors (Lipinski definition) is 0. The van der Waals surface area contributed by atoms with E-state index in [-0.39, 0.29) is 0 Å². The summed E-state index contributed by atoms with van der Waals surface area (Å²) in [5.41, 5.74) is 0. The number of nitriles is 1. The molecular weight excluding hydrogens is 282 g/mol. The normalized spacial score (nSPS) is 10.4. The van der Waals surface area contributed by atoms with Gasteiger partial charge in [-0.2, -0.15) is 5.26 Å². The molecule has 14 heavy (non-hydrogen) atoms. The van der Waals surface area contributed by atoms with Crippen molar-refractivity contribution in [2.75, 3.05) is 0 Å². The van der Waals surface area contributed by atoms with Crippen LogP contribution in [0.2, 0.25) is 5.02 Å². The summed E-state index contributed by atoms with van der Waals surface area (Å²) in [6.07, 6.45) is 0.385. The Morgan fingerprint density at radius 2 is 2.29 bits per heavy atom. The van der Waals surface area contributed by atoms with Gasteiger partial charge in [0, 0.05) is 19.4 Å². The molecule has 0 fully saturated rings. The second-order valence-corrected chi connectivity index (χ2v) is 5.24. The van der Waals surface area contributed by atoms with Crippen LogP contribution >= 0.6 is 38.9 Å². The Labute approximate surface area is 99.0 Å². The summed E-state index contributed by atoms with van der Waals surface area (Å²) in [4.78, 5) is 0.947. The number of thiophene rings is 1. The lowest BCUT2D eigenvalue weighted by Gasteiger charge is -1.91. The van der Waals surface area contributed by atoms with Crippen molar-refractivity contribution in [2.24, 2.45) is 0 Å². The Bertz CT molecular complexity index is 527. The van der Waals surface area contributed by atoms with E-state index in [1.165, 1.54) is 0 Å². The molecule has 1 heterocycles. The highest BCUT2D eigenvalue weighted by atomic mass is 79.9. The van der Waals surface area contributed by atoms with Gasteiger partial charge in [-0.1, -0.05) is 27.5 Å². The Balaban J connectivity index is 2.69. The minimum absolute atomic E-state index is 0.385. The van der Waals surface area contributed by atoms with Gasteiger partial charge >= 0.3 is 0 Å². The Morgan fingerprint density at radius 1 is 1.50 bits per heavy atom. The van der Waals surface area contributed by atoms with Gasteiger partial charge in [0.2, 0.25) is 0 Å². The zero-order valence-electron chi connectivity index (χ0n) is 7.05. The first-order chi connectivity index (χ1) is 6.72. The molecule has 0 spiro atoms. The van der Waals surface area contributed by atoms with E-state index in [9.17, 15) is 0 Å². The molecule has 0 saturated carbocycles. The third-order valence-corrected chi connectivity index (χ3v) is 4.10. The van der Waals surface area contributed by atoms with Crippen molar-refractivity contribution < 1.29 is 0 Å². The maximum absolute atomic E-state index is 8.61. The SMILES string of the molecule is N#CCc1sc2ccc(Br)cc2c1Cl. The number of fused-ring (bicyclic) bond motifs is 1. The molecule has 0 aliphatic heterocycles. The largest absolute Gasteiger partial charge is 0.198 e. The van der Waals surface area contributed by atoms with E-state index in [1.807, 2.05) is 18.2 Å². The van der Waals surface area contributed by atoms with Crippen LogP contribution < -0.4 is 0 Å². The predicted molar refractivity (Wildman–Crippen MR) is 63.9 cm³/mol. The quantitative estimate of drug-likeness (QED) is 0.763. The molecule has 0 atom stereocenters. The third-order valence-electron chi connectivity index (χ3n) is 1.90. The second-order valence-electron chi connectivity index (χ2n) is 2.81. The van der Waals surface area contributed by atoms with E-state index in [0.717, 1.165) is 19.4 Å². The van der Waals surface area contributed by atoms with E-state index in [1.54, 1.807) is 11.3 Å². The predicted octanol–water partition coefficient (Wildman–Crippen LogP) is 4.38. The van der Waals surface area contributed by atoms with Crippen LogP contribution in [0.25, 0.3) is 10.1 Å². The monoisotopic (exact) mass is 285 g/mol. The van der Waals surface area contributed by atoms with Gasteiger partial charge in [-0.25, -0.2) is 0 Å². The maximum Gasteiger partial charge on any atom is 0.0711 e. The topological polar surface area (TPSA) is 23.8 Å². The smallest absolute Gasteiger partial charge is 0.0711 e. The lowest BCUT2D eigenvalue weighted by Crippen LogP contribution is -1.73. The molecule has 0 unspecified atom stereocenters. The third kappa shape index (κ3) is 1.66. The average molecular weight is 287 g/mol. The summed E-state index contributed by atoms with van der Waals surface area (Å²) in [7, 11) is 0. The van der Waals surface area contributed by atoms with Gasteiger partial charge in [0.25, 0.3) is 0 Å². The van der Waals surface area contributed by atoms with Crippen molar-refractivity contribution in [1.82, 2.24) is 0 Å². The van der Waals surface area contributed by atoms with Crippen LogP contribution in [0.3, 0.4) is 0 Å². The van der Waals surface area contributed by atoms with E-state index >= 15 is 0 Å². The number of benzene rings is 1. The molecule has 2 rings (SSSR count). The van der Waals surface area contributed by atoms with Gasteiger partial charge in [-0.3, -0.25) is 0 Å². The highest BCUT2D eigenvalue weighted by Crippen LogP contribution is 2.36. The van der Waals surface area contributed by atoms with Gasteiger partial charge in [0.05, 0.1) is 17.5 Å². The molecule has 1 aromatic carbocycles. The minimum Gasteiger partial charge on any atom is -0.198 e. The minimum atomic E-state index is 0.385. The van der Waals surface area contributed by atoms with Crippen molar-refractivity contribution in [1.29, 1.82) is 5.26 Å². The van der Waals surface area contributed by atoms with Crippen molar-refractivity contribution in [3.63, 3.8) is 0 Å². The first-order valence-electron chi connectivity index (χ1n) is 3.95. The number of rotatable bonds is 1. The zero-order chi connectivity index (χ0) is 10.1. The van der Waals surface area contributed by atoms with Crippen LogP contribution in [0.15, 0.2) is 22.7 Å². The molecule has 0 aliphatic rings. The van der Waals surface area contributed by atoms with Gasteiger partial charge in [0.15, 0.2) is 0 Å². The lowest BCUT2D eigenvalue weighted by molar-refractivity contribution is 1.32. The Hall–Kier alpha value is -0.560. The second kappa shape index (κ2) is 3.90. The number of hydrogen-bond acceptors (Lipinski definition) is 2. The summed E-state index contributed by atoms with van der Waals surface area (Å²) < 4.78 is 2.14. The Kier molecular flexibility index (Phi) is 2.78. The van der Waals surface area contributed by atoms with Gasteiger partial charge in [-0.05, 0) is 18.2 Å². The van der Waals surface area contributed by atoms with Crippen molar-refractivity contribution in [3.8, 4) is 6.07 Å². The molecule has 0 aliphatic carbocycles. The van der Waals surface area contributed by atoms with E-state index in [2.05, 4.69) is 22.0 Å². The molecule has 0 saturated heterocycles. The maximum atomic E-state index is 8.61. The van der Waals surface area contributed by atoms with Crippen LogP contribution in [0.4, 0.5) is 0 Å². The first kappa shape index (κ1) is 9.97. The lowest BCUT2D eigenvalue weighted by atomic mass is 10.2. The number of nitrogens with zero attached hydrogens (tertiary/aromatic N) is 1. The molecule has 70 valence electrons. The van der Waals surface area contributed by atoms with E-state index in [4.69, 9.17) is 16.9 Å². The van der Waals surface area contributed by atoms with Gasteiger partial charge in [-0.15, -0.1) is 11.3 Å².